The first-order valence-electron chi connectivity index (χ1n) is 22.2. The second-order valence-electron chi connectivity index (χ2n) is 20.0. The molecule has 0 fully saturated rings. The van der Waals surface area contributed by atoms with Crippen molar-refractivity contribution in [2.24, 2.45) is 0 Å². The Kier molecular flexibility index (Phi) is 11.5. The van der Waals surface area contributed by atoms with E-state index in [1.165, 1.54) is 43.0 Å². The van der Waals surface area contributed by atoms with Gasteiger partial charge in [-0.05, 0) is 92.6 Å². The van der Waals surface area contributed by atoms with Gasteiger partial charge in [-0.3, -0.25) is 0 Å². The zero-order valence-corrected chi connectivity index (χ0v) is 40.4. The number of nitrogens with zero attached hydrogens (tertiary/aromatic N) is 2. The molecule has 4 heteroatoms. The van der Waals surface area contributed by atoms with Gasteiger partial charge in [-0.1, -0.05) is 212 Å². The molecule has 0 aliphatic heterocycles. The Morgan fingerprint density at radius 1 is 0.323 bits per heavy atom. The summed E-state index contributed by atoms with van der Waals surface area (Å²) in [4.78, 5) is 4.83. The van der Waals surface area contributed by atoms with Gasteiger partial charge in [-0.25, -0.2) is 0 Å². The third-order valence-electron chi connectivity index (χ3n) is 14.3. The molecule has 0 aromatic heterocycles. The number of rotatable bonds is 10. The highest BCUT2D eigenvalue weighted by Crippen LogP contribution is 2.43. The molecule has 2 nitrogen and oxygen atoms in total. The van der Waals surface area contributed by atoms with Crippen molar-refractivity contribution >= 4 is 94.3 Å². The maximum Gasteiger partial charge on any atom is 0.0859 e. The van der Waals surface area contributed by atoms with Crippen molar-refractivity contribution < 1.29 is 0 Å². The van der Waals surface area contributed by atoms with Crippen molar-refractivity contribution in [1.29, 1.82) is 0 Å². The zero-order valence-electron chi connectivity index (χ0n) is 38.4. The van der Waals surface area contributed by atoms with Crippen molar-refractivity contribution in [1.82, 2.24) is 0 Å². The minimum absolute atomic E-state index is 0.266. The fraction of sp³-hybridized carbons (Fsp3) is 0.207. The molecule has 8 rings (SSSR count). The average molecular weight is 843 g/mol. The Morgan fingerprint density at radius 2 is 0.613 bits per heavy atom. The van der Waals surface area contributed by atoms with Gasteiger partial charge in [-0.2, -0.15) is 0 Å². The van der Waals surface area contributed by atoms with Gasteiger partial charge >= 0.3 is 0 Å². The maximum absolute atomic E-state index is 2.49. The monoisotopic (exact) mass is 842 g/mol. The molecule has 62 heavy (non-hydrogen) atoms. The number of para-hydroxylation sites is 2. The predicted molar refractivity (Wildman–Crippen MR) is 280 cm³/mol. The molecule has 0 bridgehead atoms. The van der Waals surface area contributed by atoms with E-state index in [0.717, 1.165) is 34.1 Å². The van der Waals surface area contributed by atoms with Crippen LogP contribution < -0.4 is 20.2 Å². The first-order chi connectivity index (χ1) is 29.6. The number of hydrogen-bond acceptors (Lipinski definition) is 2. The van der Waals surface area contributed by atoms with Gasteiger partial charge < -0.3 is 9.80 Å². The van der Waals surface area contributed by atoms with Gasteiger partial charge in [-0.15, -0.1) is 0 Å². The van der Waals surface area contributed by atoms with E-state index in [0.29, 0.717) is 0 Å². The molecule has 0 aliphatic carbocycles. The third-order valence-corrected chi connectivity index (χ3v) is 25.3. The average Bonchev–Trinajstić information content (AvgIpc) is 3.27. The topological polar surface area (TPSA) is 6.48 Å². The van der Waals surface area contributed by atoms with Crippen LogP contribution in [0.15, 0.2) is 182 Å². The lowest BCUT2D eigenvalue weighted by Crippen LogP contribution is -2.49. The van der Waals surface area contributed by atoms with Crippen LogP contribution in [-0.2, 0) is 0 Å². The van der Waals surface area contributed by atoms with Gasteiger partial charge in [0.15, 0.2) is 0 Å². The highest BCUT2D eigenvalue weighted by atomic mass is 28.3. The van der Waals surface area contributed by atoms with E-state index in [1.807, 2.05) is 0 Å². The molecule has 0 saturated heterocycles. The standard InChI is InChI=1S/C58H62N2Si2/c1-57(2,3)61(7,8)49-37-33-47(34-38-49)59(45-21-13-11-14-22-45)55-41-31-43(51-25-17-19-27-53(51)55)29-30-44-32-42-56(54-28-20-18-26-52(44)54)60(46-23-15-12-16-24-46)48-35-39-50(40-36-48)62(9,10)58(4,5)6/h11-42H,1-10H3. The summed E-state index contributed by atoms with van der Waals surface area (Å²) >= 11 is 0. The Morgan fingerprint density at radius 3 is 0.935 bits per heavy atom. The zero-order chi connectivity index (χ0) is 43.9. The minimum Gasteiger partial charge on any atom is -0.310 e. The number of anilines is 6. The second-order valence-corrected chi connectivity index (χ2v) is 30.6. The molecule has 0 heterocycles. The Bertz CT molecular complexity index is 2650. The summed E-state index contributed by atoms with van der Waals surface area (Å²) in [6.45, 7) is 24.3. The predicted octanol–water partition coefficient (Wildman–Crippen LogP) is 16.5. The van der Waals surface area contributed by atoms with Crippen LogP contribution in [0.25, 0.3) is 33.7 Å². The summed E-state index contributed by atoms with van der Waals surface area (Å²) in [5.74, 6) is 0. The molecule has 0 spiro atoms. The molecule has 312 valence electrons. The highest BCUT2D eigenvalue weighted by molar-refractivity contribution is 6.92. The van der Waals surface area contributed by atoms with Crippen molar-refractivity contribution in [3.8, 4) is 0 Å². The molecule has 8 aromatic carbocycles. The smallest absolute Gasteiger partial charge is 0.0859 e. The lowest BCUT2D eigenvalue weighted by molar-refractivity contribution is 0.729. The van der Waals surface area contributed by atoms with E-state index in [2.05, 4.69) is 272 Å². The first-order valence-corrected chi connectivity index (χ1v) is 28.2. The molecule has 0 N–H and O–H groups in total. The van der Waals surface area contributed by atoms with E-state index in [9.17, 15) is 0 Å². The summed E-state index contributed by atoms with van der Waals surface area (Å²) in [5.41, 5.74) is 9.31. The summed E-state index contributed by atoms with van der Waals surface area (Å²) in [5, 5.41) is 8.36. The SMILES string of the molecule is CC(C)(C)[Si](C)(C)c1ccc(N(c2ccccc2)c2ccc(C=Cc3ccc(N(c4ccccc4)c4ccc([Si](C)(C)C(C)(C)C)cc4)c4ccccc34)c3ccccc23)cc1. The largest absolute Gasteiger partial charge is 0.310 e. The van der Waals surface area contributed by atoms with Crippen LogP contribution in [0, 0.1) is 0 Å². The van der Waals surface area contributed by atoms with Crippen LogP contribution >= 0.6 is 0 Å². The summed E-state index contributed by atoms with van der Waals surface area (Å²) < 4.78 is 0. The molecule has 0 amide bonds. The van der Waals surface area contributed by atoms with Crippen molar-refractivity contribution in [3.05, 3.63) is 193 Å². The van der Waals surface area contributed by atoms with E-state index in [1.54, 1.807) is 0 Å². The van der Waals surface area contributed by atoms with Gasteiger partial charge in [0.25, 0.3) is 0 Å². The van der Waals surface area contributed by atoms with E-state index in [4.69, 9.17) is 0 Å². The lowest BCUT2D eigenvalue weighted by atomic mass is 9.98. The summed E-state index contributed by atoms with van der Waals surface area (Å²) in [6, 6.07) is 67.2. The number of hydrogen-bond donors (Lipinski definition) is 0. The molecule has 0 atom stereocenters. The normalized spacial score (nSPS) is 12.6. The van der Waals surface area contributed by atoms with Crippen molar-refractivity contribution in [2.75, 3.05) is 9.80 Å². The second kappa shape index (κ2) is 16.7. The van der Waals surface area contributed by atoms with Crippen LogP contribution in [0.1, 0.15) is 52.7 Å². The molecular formula is C58H62N2Si2. The number of benzene rings is 8. The van der Waals surface area contributed by atoms with Crippen LogP contribution in [-0.4, -0.2) is 16.1 Å². The van der Waals surface area contributed by atoms with Crippen LogP contribution in [0.3, 0.4) is 0 Å². The van der Waals surface area contributed by atoms with Crippen LogP contribution in [0.5, 0.6) is 0 Å². The van der Waals surface area contributed by atoms with Gasteiger partial charge in [0.2, 0.25) is 0 Å². The lowest BCUT2D eigenvalue weighted by Gasteiger charge is -2.37. The Hall–Kier alpha value is -5.95. The van der Waals surface area contributed by atoms with Gasteiger partial charge in [0.05, 0.1) is 27.5 Å². The Balaban J connectivity index is 1.19. The summed E-state index contributed by atoms with van der Waals surface area (Å²) in [6.07, 6.45) is 4.59. The van der Waals surface area contributed by atoms with E-state index in [-0.39, 0.29) is 10.1 Å². The van der Waals surface area contributed by atoms with Crippen molar-refractivity contribution in [2.45, 2.75) is 77.8 Å². The van der Waals surface area contributed by atoms with E-state index < -0.39 is 16.1 Å². The molecule has 8 aromatic rings. The quantitative estimate of drug-likeness (QED) is 0.1000. The fourth-order valence-corrected chi connectivity index (χ4v) is 12.1. The van der Waals surface area contributed by atoms with Crippen LogP contribution in [0.4, 0.5) is 34.1 Å². The van der Waals surface area contributed by atoms with Crippen LogP contribution in [0.2, 0.25) is 36.3 Å². The van der Waals surface area contributed by atoms with Crippen molar-refractivity contribution in [3.63, 3.8) is 0 Å². The van der Waals surface area contributed by atoms with E-state index >= 15 is 0 Å². The first kappa shape index (κ1) is 42.7. The molecule has 0 radical (unpaired) electrons. The van der Waals surface area contributed by atoms with Gasteiger partial charge in [0, 0.05) is 33.5 Å². The molecular weight excluding hydrogens is 781 g/mol. The molecule has 0 unspecified atom stereocenters. The Labute approximate surface area is 373 Å². The van der Waals surface area contributed by atoms with Gasteiger partial charge in [0.1, 0.15) is 0 Å². The fourth-order valence-electron chi connectivity index (χ4n) is 8.40. The molecule has 0 aliphatic rings. The number of fused-ring (bicyclic) bond motifs is 2. The minimum atomic E-state index is -1.68. The summed E-state index contributed by atoms with van der Waals surface area (Å²) in [7, 11) is -3.37. The highest BCUT2D eigenvalue weighted by Gasteiger charge is 2.38. The molecule has 0 saturated carbocycles. The third kappa shape index (κ3) is 8.10. The maximum atomic E-state index is 2.49.